The number of ether oxygens (including phenoxy) is 2. The second-order valence-electron chi connectivity index (χ2n) is 5.81. The molecule has 132 valence electrons. The molecule has 0 fully saturated rings. The first-order valence-corrected chi connectivity index (χ1v) is 8.19. The van der Waals surface area contributed by atoms with Crippen LogP contribution in [0.1, 0.15) is 24.5 Å². The summed E-state index contributed by atoms with van der Waals surface area (Å²) in [6.45, 7) is 1.65. The molecule has 1 amide bonds. The van der Waals surface area contributed by atoms with Crippen LogP contribution in [0.5, 0.6) is 5.75 Å². The Morgan fingerprint density at radius 1 is 1.04 bits per heavy atom. The van der Waals surface area contributed by atoms with Crippen molar-refractivity contribution in [1.29, 1.82) is 0 Å². The molecule has 0 bridgehead atoms. The van der Waals surface area contributed by atoms with E-state index in [1.165, 1.54) is 12.7 Å². The molecular formula is C20H23NO4. The molecule has 0 heterocycles. The Bertz CT molecular complexity index is 700. The maximum absolute atomic E-state index is 12.0. The van der Waals surface area contributed by atoms with Gasteiger partial charge in [0, 0.05) is 12.5 Å². The minimum Gasteiger partial charge on any atom is -0.483 e. The highest BCUT2D eigenvalue weighted by Crippen LogP contribution is 2.21. The highest BCUT2D eigenvalue weighted by atomic mass is 16.5. The summed E-state index contributed by atoms with van der Waals surface area (Å²) in [5.41, 5.74) is 2.19. The van der Waals surface area contributed by atoms with Gasteiger partial charge in [0.2, 0.25) is 0 Å². The third kappa shape index (κ3) is 6.30. The number of hydrogen-bond donors (Lipinski definition) is 1. The highest BCUT2D eigenvalue weighted by Gasteiger charge is 2.13. The Labute approximate surface area is 148 Å². The zero-order valence-electron chi connectivity index (χ0n) is 14.5. The largest absolute Gasteiger partial charge is 0.483 e. The van der Waals surface area contributed by atoms with Crippen LogP contribution in [-0.4, -0.2) is 31.6 Å². The summed E-state index contributed by atoms with van der Waals surface area (Å²) in [5.74, 6) is 0.0509. The van der Waals surface area contributed by atoms with Crippen molar-refractivity contribution < 1.29 is 19.1 Å². The molecule has 5 nitrogen and oxygen atoms in total. The SMILES string of the molecule is COC(=O)CC(C)NC(=O)COc1ccccc1Cc1ccccc1. The van der Waals surface area contributed by atoms with E-state index in [1.54, 1.807) is 6.92 Å². The second kappa shape index (κ2) is 9.47. The zero-order valence-corrected chi connectivity index (χ0v) is 14.5. The van der Waals surface area contributed by atoms with Crippen LogP contribution in [0.3, 0.4) is 0 Å². The van der Waals surface area contributed by atoms with Crippen LogP contribution in [0, 0.1) is 0 Å². The van der Waals surface area contributed by atoms with Gasteiger partial charge in [0.05, 0.1) is 13.5 Å². The molecule has 2 rings (SSSR count). The molecular weight excluding hydrogens is 318 g/mol. The number of hydrogen-bond acceptors (Lipinski definition) is 4. The van der Waals surface area contributed by atoms with Crippen molar-refractivity contribution in [3.8, 4) is 5.75 Å². The summed E-state index contributed by atoms with van der Waals surface area (Å²) >= 11 is 0. The van der Waals surface area contributed by atoms with Crippen molar-refractivity contribution in [1.82, 2.24) is 5.32 Å². The topological polar surface area (TPSA) is 64.6 Å². The van der Waals surface area contributed by atoms with E-state index in [-0.39, 0.29) is 30.9 Å². The van der Waals surface area contributed by atoms with Gasteiger partial charge in [0.1, 0.15) is 5.75 Å². The molecule has 0 aliphatic heterocycles. The first-order valence-electron chi connectivity index (χ1n) is 8.19. The van der Waals surface area contributed by atoms with Crippen LogP contribution in [-0.2, 0) is 20.7 Å². The summed E-state index contributed by atoms with van der Waals surface area (Å²) in [5, 5.41) is 2.72. The number of carbonyl (C=O) groups is 2. The van der Waals surface area contributed by atoms with E-state index in [9.17, 15) is 9.59 Å². The van der Waals surface area contributed by atoms with Crippen molar-refractivity contribution in [2.75, 3.05) is 13.7 Å². The van der Waals surface area contributed by atoms with Gasteiger partial charge in [-0.1, -0.05) is 48.5 Å². The van der Waals surface area contributed by atoms with Crippen LogP contribution in [0.15, 0.2) is 54.6 Å². The number of nitrogens with one attached hydrogen (secondary N) is 1. The minimum absolute atomic E-state index is 0.0999. The van der Waals surface area contributed by atoms with Gasteiger partial charge in [-0.15, -0.1) is 0 Å². The lowest BCUT2D eigenvalue weighted by Gasteiger charge is -2.14. The van der Waals surface area contributed by atoms with Crippen molar-refractivity contribution in [3.63, 3.8) is 0 Å². The predicted octanol–water partition coefficient (Wildman–Crippen LogP) is 2.72. The Morgan fingerprint density at radius 3 is 2.44 bits per heavy atom. The van der Waals surface area contributed by atoms with Gasteiger partial charge in [-0.3, -0.25) is 9.59 Å². The number of rotatable bonds is 8. The monoisotopic (exact) mass is 341 g/mol. The molecule has 0 spiro atoms. The Kier molecular flexibility index (Phi) is 7.01. The zero-order chi connectivity index (χ0) is 18.1. The number of benzene rings is 2. The van der Waals surface area contributed by atoms with Crippen molar-refractivity contribution in [2.45, 2.75) is 25.8 Å². The minimum atomic E-state index is -0.359. The van der Waals surface area contributed by atoms with Crippen molar-refractivity contribution in [2.24, 2.45) is 0 Å². The molecule has 1 atom stereocenters. The molecule has 0 aliphatic rings. The number of methoxy groups -OCH3 is 1. The van der Waals surface area contributed by atoms with Crippen LogP contribution in [0.2, 0.25) is 0 Å². The van der Waals surface area contributed by atoms with Crippen LogP contribution >= 0.6 is 0 Å². The molecule has 0 aromatic heterocycles. The van der Waals surface area contributed by atoms with E-state index < -0.39 is 0 Å². The molecule has 5 heteroatoms. The van der Waals surface area contributed by atoms with E-state index in [2.05, 4.69) is 22.2 Å². The van der Waals surface area contributed by atoms with E-state index >= 15 is 0 Å². The van der Waals surface area contributed by atoms with Gasteiger partial charge in [-0.05, 0) is 24.1 Å². The molecule has 25 heavy (non-hydrogen) atoms. The first kappa shape index (κ1) is 18.5. The maximum atomic E-state index is 12.0. The summed E-state index contributed by atoms with van der Waals surface area (Å²) in [6.07, 6.45) is 0.865. The molecule has 2 aromatic rings. The Hall–Kier alpha value is -2.82. The average molecular weight is 341 g/mol. The highest BCUT2D eigenvalue weighted by molar-refractivity contribution is 5.79. The molecule has 0 saturated carbocycles. The number of carbonyl (C=O) groups excluding carboxylic acids is 2. The fourth-order valence-electron chi connectivity index (χ4n) is 2.45. The fourth-order valence-corrected chi connectivity index (χ4v) is 2.45. The Balaban J connectivity index is 1.90. The van der Waals surface area contributed by atoms with E-state index in [0.29, 0.717) is 5.75 Å². The van der Waals surface area contributed by atoms with Crippen molar-refractivity contribution >= 4 is 11.9 Å². The third-order valence-electron chi connectivity index (χ3n) is 3.68. The van der Waals surface area contributed by atoms with Crippen LogP contribution < -0.4 is 10.1 Å². The molecule has 1 N–H and O–H groups in total. The van der Waals surface area contributed by atoms with Gasteiger partial charge in [0.15, 0.2) is 6.61 Å². The molecule has 0 aliphatic carbocycles. The van der Waals surface area contributed by atoms with Gasteiger partial charge in [-0.25, -0.2) is 0 Å². The van der Waals surface area contributed by atoms with Gasteiger partial charge in [0.25, 0.3) is 5.91 Å². The predicted molar refractivity (Wildman–Crippen MR) is 95.4 cm³/mol. The lowest BCUT2D eigenvalue weighted by Crippen LogP contribution is -2.37. The summed E-state index contributed by atoms with van der Waals surface area (Å²) in [4.78, 5) is 23.2. The average Bonchev–Trinajstić information content (AvgIpc) is 2.61. The fraction of sp³-hybridized carbons (Fsp3) is 0.300. The van der Waals surface area contributed by atoms with E-state index in [0.717, 1.165) is 12.0 Å². The summed E-state index contributed by atoms with van der Waals surface area (Å²) < 4.78 is 10.3. The second-order valence-corrected chi connectivity index (χ2v) is 5.81. The van der Waals surface area contributed by atoms with Crippen LogP contribution in [0.4, 0.5) is 0 Å². The molecule has 2 aromatic carbocycles. The standard InChI is InChI=1S/C20H23NO4/c1-15(12-20(23)24-2)21-19(22)14-25-18-11-7-6-10-17(18)13-16-8-4-3-5-9-16/h3-11,15H,12-14H2,1-2H3,(H,21,22). The van der Waals surface area contributed by atoms with Crippen molar-refractivity contribution in [3.05, 3.63) is 65.7 Å². The number of esters is 1. The normalized spacial score (nSPS) is 11.4. The van der Waals surface area contributed by atoms with Gasteiger partial charge >= 0.3 is 5.97 Å². The molecule has 0 saturated heterocycles. The Morgan fingerprint density at radius 2 is 1.72 bits per heavy atom. The maximum Gasteiger partial charge on any atom is 0.307 e. The third-order valence-corrected chi connectivity index (χ3v) is 3.68. The lowest BCUT2D eigenvalue weighted by molar-refractivity contribution is -0.141. The van der Waals surface area contributed by atoms with E-state index in [4.69, 9.17) is 4.74 Å². The van der Waals surface area contributed by atoms with Gasteiger partial charge < -0.3 is 14.8 Å². The first-order chi connectivity index (χ1) is 12.1. The van der Waals surface area contributed by atoms with Gasteiger partial charge in [-0.2, -0.15) is 0 Å². The van der Waals surface area contributed by atoms with E-state index in [1.807, 2.05) is 42.5 Å². The quantitative estimate of drug-likeness (QED) is 0.750. The van der Waals surface area contributed by atoms with Crippen LogP contribution in [0.25, 0.3) is 0 Å². The number of para-hydroxylation sites is 1. The summed E-state index contributed by atoms with van der Waals surface area (Å²) in [7, 11) is 1.32. The smallest absolute Gasteiger partial charge is 0.307 e. The molecule has 1 unspecified atom stereocenters. The lowest BCUT2D eigenvalue weighted by atomic mass is 10.0. The molecule has 0 radical (unpaired) electrons. The number of amides is 1. The summed E-state index contributed by atoms with van der Waals surface area (Å²) in [6, 6.07) is 17.4.